The fourth-order valence-corrected chi connectivity index (χ4v) is 6.36. The van der Waals surface area contributed by atoms with E-state index >= 15 is 0 Å². The summed E-state index contributed by atoms with van der Waals surface area (Å²) in [7, 11) is 0. The average Bonchev–Trinajstić information content (AvgIpc) is 3.37. The average molecular weight is 620 g/mol. The Kier molecular flexibility index (Phi) is 8.44. The van der Waals surface area contributed by atoms with Crippen molar-refractivity contribution in [1.82, 2.24) is 24.4 Å². The van der Waals surface area contributed by atoms with Gasteiger partial charge in [0.15, 0.2) is 0 Å². The smallest absolute Gasteiger partial charge is 0.338 e. The molecule has 0 spiro atoms. The highest BCUT2D eigenvalue weighted by Crippen LogP contribution is 2.30. The Hall–Kier alpha value is -4.34. The Balaban J connectivity index is 1.02. The number of benzene rings is 2. The lowest BCUT2D eigenvalue weighted by atomic mass is 9.93. The Labute approximate surface area is 269 Å². The molecule has 9 nitrogen and oxygen atoms in total. The number of piperidine rings is 1. The highest BCUT2D eigenvalue weighted by Gasteiger charge is 2.27. The summed E-state index contributed by atoms with van der Waals surface area (Å²) in [6, 6.07) is 22.0. The van der Waals surface area contributed by atoms with E-state index in [1.165, 1.54) is 0 Å². The van der Waals surface area contributed by atoms with E-state index in [-0.39, 0.29) is 12.1 Å². The molecule has 2 aliphatic heterocycles. The quantitative estimate of drug-likeness (QED) is 0.169. The first-order valence-electron chi connectivity index (χ1n) is 16.3. The molecule has 2 fully saturated rings. The van der Waals surface area contributed by atoms with E-state index in [0.717, 1.165) is 91.1 Å². The molecule has 0 radical (unpaired) electrons. The van der Waals surface area contributed by atoms with Gasteiger partial charge in [-0.3, -0.25) is 9.88 Å². The minimum Gasteiger partial charge on any atom is -0.471 e. The van der Waals surface area contributed by atoms with Crippen molar-refractivity contribution in [1.29, 1.82) is 0 Å². The molecule has 1 atom stereocenters. The lowest BCUT2D eigenvalue weighted by Gasteiger charge is -2.32. The van der Waals surface area contributed by atoms with Gasteiger partial charge in [0.25, 0.3) is 0 Å². The highest BCUT2D eigenvalue weighted by atomic mass is 16.6. The molecule has 2 saturated heterocycles. The molecular weight excluding hydrogens is 578 g/mol. The summed E-state index contributed by atoms with van der Waals surface area (Å²) < 4.78 is 19.8. The summed E-state index contributed by atoms with van der Waals surface area (Å²) in [6.45, 7) is 10.2. The Bertz CT molecular complexity index is 1850. The number of nitrogens with zero attached hydrogens (tertiary/aromatic N) is 5. The predicted molar refractivity (Wildman–Crippen MR) is 177 cm³/mol. The number of fused-ring (bicyclic) bond motifs is 2. The monoisotopic (exact) mass is 619 g/mol. The van der Waals surface area contributed by atoms with Gasteiger partial charge in [0.05, 0.1) is 41.5 Å². The third-order valence-electron chi connectivity index (χ3n) is 8.87. The summed E-state index contributed by atoms with van der Waals surface area (Å²) in [5, 5.41) is 2.26. The van der Waals surface area contributed by atoms with Gasteiger partial charge in [0.1, 0.15) is 18.0 Å². The number of aromatic nitrogens is 4. The van der Waals surface area contributed by atoms with Crippen molar-refractivity contribution in [2.24, 2.45) is 0 Å². The molecule has 3 aromatic heterocycles. The van der Waals surface area contributed by atoms with Gasteiger partial charge in [-0.05, 0) is 88.8 Å². The van der Waals surface area contributed by atoms with Crippen LogP contribution in [0.4, 0.5) is 0 Å². The molecular formula is C37H41N5O4. The normalized spacial score (nSPS) is 17.7. The number of hydrogen-bond acceptors (Lipinski definition) is 8. The molecule has 7 rings (SSSR count). The fraction of sp³-hybridized carbons (Fsp3) is 0.405. The second kappa shape index (κ2) is 12.8. The van der Waals surface area contributed by atoms with Gasteiger partial charge < -0.3 is 18.8 Å². The summed E-state index contributed by atoms with van der Waals surface area (Å²) in [6.07, 6.45) is 5.05. The topological polar surface area (TPSA) is 91.6 Å². The van der Waals surface area contributed by atoms with E-state index in [2.05, 4.69) is 32.7 Å². The van der Waals surface area contributed by atoms with Gasteiger partial charge in [-0.1, -0.05) is 30.3 Å². The van der Waals surface area contributed by atoms with E-state index in [1.807, 2.05) is 75.5 Å². The van der Waals surface area contributed by atoms with Crippen LogP contribution in [0, 0.1) is 0 Å². The Morgan fingerprint density at radius 2 is 1.80 bits per heavy atom. The van der Waals surface area contributed by atoms with E-state index in [4.69, 9.17) is 24.2 Å². The van der Waals surface area contributed by atoms with E-state index < -0.39 is 5.60 Å². The van der Waals surface area contributed by atoms with Crippen LogP contribution in [0.2, 0.25) is 0 Å². The number of imidazole rings is 1. The summed E-state index contributed by atoms with van der Waals surface area (Å²) in [5.41, 5.74) is 3.81. The highest BCUT2D eigenvalue weighted by molar-refractivity contribution is 5.94. The molecule has 238 valence electrons. The third-order valence-corrected chi connectivity index (χ3v) is 8.87. The number of pyridine rings is 2. The zero-order valence-electron chi connectivity index (χ0n) is 26.8. The van der Waals surface area contributed by atoms with Gasteiger partial charge >= 0.3 is 5.97 Å². The van der Waals surface area contributed by atoms with Gasteiger partial charge in [0, 0.05) is 35.9 Å². The maximum Gasteiger partial charge on any atom is 0.338 e. The SMILES string of the molecule is CC(C)(C)OC(=O)c1ccc2nc(CN3CCC(c4cccc(OCc5nccc6ccccc56)n4)CC3)n(CC3CCO3)c2c1. The van der Waals surface area contributed by atoms with Crippen LogP contribution in [-0.2, 0) is 29.2 Å². The van der Waals surface area contributed by atoms with Crippen molar-refractivity contribution < 1.29 is 19.0 Å². The van der Waals surface area contributed by atoms with Gasteiger partial charge in [-0.15, -0.1) is 0 Å². The largest absolute Gasteiger partial charge is 0.471 e. The lowest BCUT2D eigenvalue weighted by molar-refractivity contribution is -0.0592. The van der Waals surface area contributed by atoms with Crippen LogP contribution in [0.5, 0.6) is 5.88 Å². The van der Waals surface area contributed by atoms with E-state index in [1.54, 1.807) is 0 Å². The van der Waals surface area contributed by atoms with Crippen LogP contribution in [0.15, 0.2) is 72.9 Å². The molecule has 0 saturated carbocycles. The first-order chi connectivity index (χ1) is 22.3. The number of hydrogen-bond donors (Lipinski definition) is 0. The minimum absolute atomic E-state index is 0.170. The maximum absolute atomic E-state index is 12.8. The first kappa shape index (κ1) is 30.3. The molecule has 46 heavy (non-hydrogen) atoms. The second-order valence-electron chi connectivity index (χ2n) is 13.3. The van der Waals surface area contributed by atoms with Crippen molar-refractivity contribution in [3.8, 4) is 5.88 Å². The third kappa shape index (κ3) is 6.76. The van der Waals surface area contributed by atoms with Crippen LogP contribution in [0.3, 0.4) is 0 Å². The standard InChI is InChI=1S/C37H41N5O4/c1-37(2,3)46-36(43)27-11-12-31-33(21-27)42(22-28-16-20-44-28)34(39-31)23-41-18-14-26(15-19-41)30-9-6-10-35(40-30)45-24-32-29-8-5-4-7-25(29)13-17-38-32/h4-13,17,21,26,28H,14-16,18-20,22-24H2,1-3H3. The van der Waals surface area contributed by atoms with Crippen molar-refractivity contribution in [2.45, 2.75) is 77.4 Å². The second-order valence-corrected chi connectivity index (χ2v) is 13.3. The number of rotatable bonds is 9. The van der Waals surface area contributed by atoms with Crippen molar-refractivity contribution in [2.75, 3.05) is 19.7 Å². The summed E-state index contributed by atoms with van der Waals surface area (Å²) in [4.78, 5) is 29.8. The van der Waals surface area contributed by atoms with E-state index in [0.29, 0.717) is 24.0 Å². The van der Waals surface area contributed by atoms with Crippen LogP contribution < -0.4 is 4.74 Å². The van der Waals surface area contributed by atoms with Crippen molar-refractivity contribution in [3.63, 3.8) is 0 Å². The molecule has 9 heteroatoms. The molecule has 1 unspecified atom stereocenters. The van der Waals surface area contributed by atoms with Gasteiger partial charge in [0.2, 0.25) is 5.88 Å². The minimum atomic E-state index is -0.553. The van der Waals surface area contributed by atoms with Crippen molar-refractivity contribution >= 4 is 27.8 Å². The zero-order valence-corrected chi connectivity index (χ0v) is 26.8. The predicted octanol–water partition coefficient (Wildman–Crippen LogP) is 6.68. The van der Waals surface area contributed by atoms with E-state index in [9.17, 15) is 4.79 Å². The molecule has 5 aromatic rings. The number of ether oxygens (including phenoxy) is 3. The lowest BCUT2D eigenvalue weighted by Crippen LogP contribution is -2.35. The molecule has 2 aliphatic rings. The number of carbonyl (C=O) groups excluding carboxylic acids is 1. The number of esters is 1. The molecule has 0 N–H and O–H groups in total. The van der Waals surface area contributed by atoms with Gasteiger partial charge in [-0.2, -0.15) is 0 Å². The first-order valence-corrected chi connectivity index (χ1v) is 16.3. The Morgan fingerprint density at radius 3 is 2.59 bits per heavy atom. The fourth-order valence-electron chi connectivity index (χ4n) is 6.36. The summed E-state index contributed by atoms with van der Waals surface area (Å²) >= 11 is 0. The molecule has 0 amide bonds. The maximum atomic E-state index is 12.8. The Morgan fingerprint density at radius 1 is 0.978 bits per heavy atom. The molecule has 2 aromatic carbocycles. The summed E-state index contributed by atoms with van der Waals surface area (Å²) in [5.74, 6) is 1.68. The number of likely N-dealkylation sites (tertiary alicyclic amines) is 1. The van der Waals surface area contributed by atoms with Gasteiger partial charge in [-0.25, -0.2) is 14.8 Å². The van der Waals surface area contributed by atoms with Crippen LogP contribution in [0.1, 0.15) is 73.5 Å². The van der Waals surface area contributed by atoms with Crippen molar-refractivity contribution in [3.05, 3.63) is 95.7 Å². The molecule has 5 heterocycles. The molecule has 0 bridgehead atoms. The number of carbonyl (C=O) groups is 1. The van der Waals surface area contributed by atoms with Crippen LogP contribution in [0.25, 0.3) is 21.8 Å². The van der Waals surface area contributed by atoms with Crippen LogP contribution >= 0.6 is 0 Å². The molecule has 0 aliphatic carbocycles. The van der Waals surface area contributed by atoms with Crippen LogP contribution in [-0.4, -0.2) is 61.8 Å². The zero-order chi connectivity index (χ0) is 31.7.